The van der Waals surface area contributed by atoms with Crippen LogP contribution < -0.4 is 0 Å². The number of halogens is 3. The van der Waals surface area contributed by atoms with Gasteiger partial charge in [0, 0.05) is 25.0 Å². The molecule has 1 rings (SSSR count). The molecule has 0 radical (unpaired) electrons. The first-order valence-corrected chi connectivity index (χ1v) is 6.61. The van der Waals surface area contributed by atoms with Gasteiger partial charge < -0.3 is 0 Å². The maximum Gasteiger partial charge on any atom is 0.137 e. The van der Waals surface area contributed by atoms with E-state index < -0.39 is 0 Å². The van der Waals surface area contributed by atoms with E-state index in [1.807, 2.05) is 12.1 Å². The molecule has 0 bridgehead atoms. The van der Waals surface area contributed by atoms with Gasteiger partial charge in [0.15, 0.2) is 0 Å². The highest BCUT2D eigenvalue weighted by Gasteiger charge is 2.10. The molecule has 4 heteroatoms. The second-order valence-electron chi connectivity index (χ2n) is 4.00. The van der Waals surface area contributed by atoms with Crippen LogP contribution in [-0.2, 0) is 6.54 Å². The first-order valence-electron chi connectivity index (χ1n) is 5.28. The minimum absolute atomic E-state index is 0.225. The van der Waals surface area contributed by atoms with E-state index in [0.717, 1.165) is 18.7 Å². The van der Waals surface area contributed by atoms with E-state index in [-0.39, 0.29) is 5.82 Å². The molecular formula is C12H16BrClFN. The first-order chi connectivity index (χ1) is 7.54. The number of hydrogen-bond acceptors (Lipinski definition) is 1. The van der Waals surface area contributed by atoms with Crippen molar-refractivity contribution in [3.63, 3.8) is 0 Å². The van der Waals surface area contributed by atoms with Crippen LogP contribution in [0, 0.1) is 5.82 Å². The van der Waals surface area contributed by atoms with Crippen molar-refractivity contribution < 1.29 is 4.39 Å². The average molecular weight is 309 g/mol. The Hall–Kier alpha value is -0.120. The van der Waals surface area contributed by atoms with Crippen LogP contribution in [0.25, 0.3) is 0 Å². The molecule has 0 unspecified atom stereocenters. The lowest BCUT2D eigenvalue weighted by Crippen LogP contribution is -2.32. The fourth-order valence-corrected chi connectivity index (χ4v) is 2.14. The van der Waals surface area contributed by atoms with E-state index in [1.54, 1.807) is 0 Å². The topological polar surface area (TPSA) is 3.24 Å². The maximum atomic E-state index is 13.1. The van der Waals surface area contributed by atoms with Crippen molar-refractivity contribution in [2.45, 2.75) is 26.4 Å². The van der Waals surface area contributed by atoms with Gasteiger partial charge in [-0.2, -0.15) is 0 Å². The molecule has 0 fully saturated rings. The first kappa shape index (κ1) is 13.9. The van der Waals surface area contributed by atoms with Crippen LogP contribution in [0.2, 0.25) is 0 Å². The zero-order chi connectivity index (χ0) is 12.1. The highest BCUT2D eigenvalue weighted by atomic mass is 79.9. The molecule has 16 heavy (non-hydrogen) atoms. The van der Waals surface area contributed by atoms with Gasteiger partial charge in [0.1, 0.15) is 5.82 Å². The molecule has 0 N–H and O–H groups in total. The number of rotatable bonds is 5. The molecule has 1 nitrogen and oxygen atoms in total. The molecule has 0 spiro atoms. The second kappa shape index (κ2) is 6.58. The van der Waals surface area contributed by atoms with E-state index in [0.29, 0.717) is 16.4 Å². The molecular weight excluding hydrogens is 292 g/mol. The summed E-state index contributed by atoms with van der Waals surface area (Å²) in [6.45, 7) is 5.90. The van der Waals surface area contributed by atoms with Gasteiger partial charge in [-0.15, -0.1) is 11.6 Å². The van der Waals surface area contributed by atoms with Crippen LogP contribution in [0.15, 0.2) is 22.7 Å². The molecule has 0 saturated heterocycles. The van der Waals surface area contributed by atoms with Crippen molar-refractivity contribution >= 4 is 27.5 Å². The minimum Gasteiger partial charge on any atom is -0.296 e. The lowest BCUT2D eigenvalue weighted by atomic mass is 10.2. The van der Waals surface area contributed by atoms with Gasteiger partial charge in [-0.3, -0.25) is 4.90 Å². The molecule has 90 valence electrons. The largest absolute Gasteiger partial charge is 0.296 e. The Bertz CT molecular complexity index is 344. The zero-order valence-electron chi connectivity index (χ0n) is 9.51. The van der Waals surface area contributed by atoms with Crippen LogP contribution in [-0.4, -0.2) is 23.4 Å². The molecule has 0 aliphatic carbocycles. The van der Waals surface area contributed by atoms with E-state index in [4.69, 9.17) is 11.6 Å². The lowest BCUT2D eigenvalue weighted by Gasteiger charge is -2.25. The summed E-state index contributed by atoms with van der Waals surface area (Å²) < 4.78 is 13.6. The highest BCUT2D eigenvalue weighted by molar-refractivity contribution is 9.10. The summed E-state index contributed by atoms with van der Waals surface area (Å²) in [7, 11) is 0. The van der Waals surface area contributed by atoms with E-state index >= 15 is 0 Å². The smallest absolute Gasteiger partial charge is 0.137 e. The van der Waals surface area contributed by atoms with Gasteiger partial charge in [-0.1, -0.05) is 6.07 Å². The molecule has 0 aliphatic heterocycles. The number of hydrogen-bond donors (Lipinski definition) is 0. The van der Waals surface area contributed by atoms with Crippen molar-refractivity contribution in [2.24, 2.45) is 0 Å². The normalized spacial score (nSPS) is 11.4. The zero-order valence-corrected chi connectivity index (χ0v) is 11.9. The predicted octanol–water partition coefficient (Wildman–Crippen LogP) is 4.04. The van der Waals surface area contributed by atoms with Crippen molar-refractivity contribution in [2.75, 3.05) is 12.4 Å². The number of benzene rings is 1. The Morgan fingerprint density at radius 1 is 1.44 bits per heavy atom. The molecule has 1 aromatic carbocycles. The van der Waals surface area contributed by atoms with Crippen molar-refractivity contribution in [3.05, 3.63) is 34.1 Å². The summed E-state index contributed by atoms with van der Waals surface area (Å²) in [5.74, 6) is 0.387. The van der Waals surface area contributed by atoms with Crippen molar-refractivity contribution in [3.8, 4) is 0 Å². The monoisotopic (exact) mass is 307 g/mol. The molecule has 0 atom stereocenters. The Morgan fingerprint density at radius 2 is 2.12 bits per heavy atom. The van der Waals surface area contributed by atoms with E-state index in [9.17, 15) is 4.39 Å². The standard InChI is InChI=1S/C12H16BrClFN/c1-9(2)16(6-5-14)8-10-3-4-12(15)11(13)7-10/h3-4,7,9H,5-6,8H2,1-2H3. The van der Waals surface area contributed by atoms with Crippen LogP contribution >= 0.6 is 27.5 Å². The van der Waals surface area contributed by atoms with Crippen molar-refractivity contribution in [1.29, 1.82) is 0 Å². The lowest BCUT2D eigenvalue weighted by molar-refractivity contribution is 0.226. The van der Waals surface area contributed by atoms with E-state index in [1.165, 1.54) is 6.07 Å². The summed E-state index contributed by atoms with van der Waals surface area (Å²) >= 11 is 8.94. The average Bonchev–Trinajstić information content (AvgIpc) is 2.22. The molecule has 0 aromatic heterocycles. The maximum absolute atomic E-state index is 13.1. The summed E-state index contributed by atoms with van der Waals surface area (Å²) in [6.07, 6.45) is 0. The van der Waals surface area contributed by atoms with Crippen LogP contribution in [0.3, 0.4) is 0 Å². The van der Waals surface area contributed by atoms with Gasteiger partial charge in [0.2, 0.25) is 0 Å². The van der Waals surface area contributed by atoms with Gasteiger partial charge in [-0.05, 0) is 47.5 Å². The fraction of sp³-hybridized carbons (Fsp3) is 0.500. The minimum atomic E-state index is -0.225. The van der Waals surface area contributed by atoms with Crippen LogP contribution in [0.1, 0.15) is 19.4 Å². The number of alkyl halides is 1. The molecule has 0 heterocycles. The third-order valence-corrected chi connectivity index (χ3v) is 3.25. The van der Waals surface area contributed by atoms with Gasteiger partial charge in [0.05, 0.1) is 4.47 Å². The Balaban J connectivity index is 2.73. The summed E-state index contributed by atoms with van der Waals surface area (Å²) in [5, 5.41) is 0. The van der Waals surface area contributed by atoms with Gasteiger partial charge in [0.25, 0.3) is 0 Å². The van der Waals surface area contributed by atoms with Gasteiger partial charge >= 0.3 is 0 Å². The third kappa shape index (κ3) is 4.04. The summed E-state index contributed by atoms with van der Waals surface area (Å²) in [6, 6.07) is 5.55. The molecule has 0 aliphatic rings. The van der Waals surface area contributed by atoms with Gasteiger partial charge in [-0.25, -0.2) is 4.39 Å². The predicted molar refractivity (Wildman–Crippen MR) is 70.4 cm³/mol. The van der Waals surface area contributed by atoms with Crippen LogP contribution in [0.5, 0.6) is 0 Å². The molecule has 0 saturated carbocycles. The fourth-order valence-electron chi connectivity index (χ4n) is 1.50. The Morgan fingerprint density at radius 3 is 2.62 bits per heavy atom. The summed E-state index contributed by atoms with van der Waals surface area (Å²) in [5.41, 5.74) is 1.09. The Kier molecular flexibility index (Phi) is 5.73. The van der Waals surface area contributed by atoms with Crippen molar-refractivity contribution in [1.82, 2.24) is 4.90 Å². The quantitative estimate of drug-likeness (QED) is 0.742. The Labute approximate surface area is 110 Å². The molecule has 0 amide bonds. The van der Waals surface area contributed by atoms with Crippen LogP contribution in [0.4, 0.5) is 4.39 Å². The SMILES string of the molecule is CC(C)N(CCCl)Cc1ccc(F)c(Br)c1. The number of nitrogens with zero attached hydrogens (tertiary/aromatic N) is 1. The third-order valence-electron chi connectivity index (χ3n) is 2.47. The second-order valence-corrected chi connectivity index (χ2v) is 5.23. The van der Waals surface area contributed by atoms with E-state index in [2.05, 4.69) is 34.7 Å². The molecule has 1 aromatic rings. The highest BCUT2D eigenvalue weighted by Crippen LogP contribution is 2.18. The summed E-state index contributed by atoms with van der Waals surface area (Å²) in [4.78, 5) is 2.26.